The van der Waals surface area contributed by atoms with Crippen LogP contribution < -0.4 is 0 Å². The minimum Gasteiger partial charge on any atom is -0.294 e. The highest BCUT2D eigenvalue weighted by molar-refractivity contribution is 5.99. The molecule has 0 unspecified atom stereocenters. The quantitative estimate of drug-likeness (QED) is 0.585. The molecule has 0 N–H and O–H groups in total. The maximum atomic E-state index is 13.0. The molecule has 3 aromatic rings. The van der Waals surface area contributed by atoms with Gasteiger partial charge in [-0.2, -0.15) is 0 Å². The summed E-state index contributed by atoms with van der Waals surface area (Å²) in [5.74, 6) is 1.03. The van der Waals surface area contributed by atoms with Gasteiger partial charge in [-0.25, -0.2) is 0 Å². The fourth-order valence-electron chi connectivity index (χ4n) is 3.92. The largest absolute Gasteiger partial charge is 0.294 e. The topological polar surface area (TPSA) is 17.1 Å². The highest BCUT2D eigenvalue weighted by Crippen LogP contribution is 2.54. The lowest BCUT2D eigenvalue weighted by Crippen LogP contribution is -2.38. The number of ketones is 1. The van der Waals surface area contributed by atoms with E-state index < -0.39 is 0 Å². The van der Waals surface area contributed by atoms with Gasteiger partial charge in [-0.1, -0.05) is 91.0 Å². The lowest BCUT2D eigenvalue weighted by molar-refractivity contribution is 0.0781. The Hall–Kier alpha value is -2.67. The molecule has 0 aromatic heterocycles. The van der Waals surface area contributed by atoms with E-state index in [0.29, 0.717) is 5.92 Å². The third kappa shape index (κ3) is 2.67. The number of hydrogen-bond donors (Lipinski definition) is 0. The van der Waals surface area contributed by atoms with Crippen LogP contribution in [0.2, 0.25) is 0 Å². The van der Waals surface area contributed by atoms with Crippen LogP contribution in [-0.4, -0.2) is 5.78 Å². The lowest BCUT2D eigenvalue weighted by atomic mass is 9.57. The van der Waals surface area contributed by atoms with Crippen LogP contribution in [0.1, 0.15) is 39.7 Å². The number of Topliss-reactive ketones (excluding diaryl/α,β-unsaturated/α-hetero) is 1. The molecule has 1 fully saturated rings. The van der Waals surface area contributed by atoms with E-state index in [0.717, 1.165) is 12.0 Å². The van der Waals surface area contributed by atoms with Gasteiger partial charge in [-0.05, 0) is 23.5 Å². The van der Waals surface area contributed by atoms with Crippen molar-refractivity contribution in [2.45, 2.75) is 18.3 Å². The molecule has 0 spiro atoms. The molecule has 118 valence electrons. The fraction of sp³-hybridized carbons (Fsp3) is 0.174. The highest BCUT2D eigenvalue weighted by Gasteiger charge is 2.46. The van der Waals surface area contributed by atoms with Crippen molar-refractivity contribution in [3.63, 3.8) is 0 Å². The van der Waals surface area contributed by atoms with Crippen molar-refractivity contribution in [2.75, 3.05) is 0 Å². The first-order chi connectivity index (χ1) is 11.8. The summed E-state index contributed by atoms with van der Waals surface area (Å²) < 4.78 is 0. The predicted molar refractivity (Wildman–Crippen MR) is 97.2 cm³/mol. The van der Waals surface area contributed by atoms with Crippen molar-refractivity contribution in [2.24, 2.45) is 5.92 Å². The van der Waals surface area contributed by atoms with Crippen molar-refractivity contribution >= 4 is 5.78 Å². The van der Waals surface area contributed by atoms with Crippen LogP contribution in [0, 0.1) is 5.92 Å². The smallest absolute Gasteiger partial charge is 0.166 e. The molecule has 0 heterocycles. The van der Waals surface area contributed by atoms with Gasteiger partial charge in [0.15, 0.2) is 5.78 Å². The molecule has 1 heteroatoms. The van der Waals surface area contributed by atoms with Crippen LogP contribution in [0.4, 0.5) is 0 Å². The van der Waals surface area contributed by atoms with Gasteiger partial charge in [0.05, 0.1) is 0 Å². The van der Waals surface area contributed by atoms with E-state index in [1.54, 1.807) is 0 Å². The van der Waals surface area contributed by atoms with Crippen LogP contribution in [0.25, 0.3) is 0 Å². The monoisotopic (exact) mass is 312 g/mol. The zero-order chi connectivity index (χ0) is 16.4. The van der Waals surface area contributed by atoms with Gasteiger partial charge in [-0.3, -0.25) is 4.79 Å². The van der Waals surface area contributed by atoms with Gasteiger partial charge in [0.25, 0.3) is 0 Å². The molecule has 0 radical (unpaired) electrons. The van der Waals surface area contributed by atoms with Crippen molar-refractivity contribution in [3.05, 3.63) is 108 Å². The van der Waals surface area contributed by atoms with E-state index in [-0.39, 0.29) is 17.6 Å². The van der Waals surface area contributed by atoms with Gasteiger partial charge >= 0.3 is 0 Å². The van der Waals surface area contributed by atoms with Gasteiger partial charge in [0.2, 0.25) is 0 Å². The van der Waals surface area contributed by atoms with E-state index in [1.165, 1.54) is 11.1 Å². The van der Waals surface area contributed by atoms with Crippen molar-refractivity contribution in [1.82, 2.24) is 0 Å². The average Bonchev–Trinajstić information content (AvgIpc) is 2.63. The minimum atomic E-state index is 0.0695. The number of carbonyl (C=O) groups is 1. The van der Waals surface area contributed by atoms with Crippen LogP contribution >= 0.6 is 0 Å². The molecule has 0 bridgehead atoms. The Bertz CT molecular complexity index is 808. The Morgan fingerprint density at radius 2 is 1.17 bits per heavy atom. The van der Waals surface area contributed by atoms with Crippen molar-refractivity contribution in [1.29, 1.82) is 0 Å². The lowest BCUT2D eigenvalue weighted by Gasteiger charge is -2.44. The molecule has 3 atom stereocenters. The standard InChI is InChI=1S/C23H20O/c24-23(19-14-8-3-9-15-19)21-16-20(17-10-4-1-5-11-17)22(21)18-12-6-2-7-13-18/h1-15,20-22H,16H2/t20-,21-,22-/m1/s1. The zero-order valence-electron chi connectivity index (χ0n) is 13.5. The van der Waals surface area contributed by atoms with E-state index in [1.807, 2.05) is 42.5 Å². The SMILES string of the molecule is O=C(c1ccccc1)[C@@H]1C[C@H](c2ccccc2)[C@H]1c1ccccc1. The summed E-state index contributed by atoms with van der Waals surface area (Å²) in [6, 6.07) is 30.8. The second-order valence-electron chi connectivity index (χ2n) is 6.53. The molecule has 0 saturated heterocycles. The summed E-state index contributed by atoms with van der Waals surface area (Å²) in [5, 5.41) is 0. The first-order valence-corrected chi connectivity index (χ1v) is 8.54. The van der Waals surface area contributed by atoms with E-state index in [2.05, 4.69) is 48.5 Å². The molecular weight excluding hydrogens is 292 g/mol. The third-order valence-electron chi connectivity index (χ3n) is 5.18. The Morgan fingerprint density at radius 1 is 0.667 bits per heavy atom. The number of rotatable bonds is 4. The summed E-state index contributed by atoms with van der Waals surface area (Å²) in [4.78, 5) is 13.0. The Balaban J connectivity index is 1.67. The average molecular weight is 312 g/mol. The van der Waals surface area contributed by atoms with Crippen molar-refractivity contribution < 1.29 is 4.79 Å². The molecule has 0 aliphatic heterocycles. The highest BCUT2D eigenvalue weighted by atomic mass is 16.1. The number of hydrogen-bond acceptors (Lipinski definition) is 1. The third-order valence-corrected chi connectivity index (χ3v) is 5.18. The summed E-state index contributed by atoms with van der Waals surface area (Å²) in [6.07, 6.45) is 0.928. The maximum absolute atomic E-state index is 13.0. The molecule has 1 aliphatic rings. The maximum Gasteiger partial charge on any atom is 0.166 e. The normalized spacial score (nSPS) is 22.6. The fourth-order valence-corrected chi connectivity index (χ4v) is 3.92. The van der Waals surface area contributed by atoms with Crippen molar-refractivity contribution in [3.8, 4) is 0 Å². The Morgan fingerprint density at radius 3 is 1.75 bits per heavy atom. The second kappa shape index (κ2) is 6.45. The second-order valence-corrected chi connectivity index (χ2v) is 6.53. The van der Waals surface area contributed by atoms with Gasteiger partial charge in [0, 0.05) is 17.4 Å². The molecule has 0 amide bonds. The molecule has 1 nitrogen and oxygen atoms in total. The first kappa shape index (κ1) is 14.9. The van der Waals surface area contributed by atoms with E-state index in [9.17, 15) is 4.79 Å². The van der Waals surface area contributed by atoms with Crippen LogP contribution in [-0.2, 0) is 0 Å². The van der Waals surface area contributed by atoms with Gasteiger partial charge in [0.1, 0.15) is 0 Å². The molecular formula is C23H20O. The predicted octanol–water partition coefficient (Wildman–Crippen LogP) is 5.46. The zero-order valence-corrected chi connectivity index (χ0v) is 13.5. The first-order valence-electron chi connectivity index (χ1n) is 8.54. The van der Waals surface area contributed by atoms with Crippen LogP contribution in [0.5, 0.6) is 0 Å². The van der Waals surface area contributed by atoms with Gasteiger partial charge < -0.3 is 0 Å². The molecule has 24 heavy (non-hydrogen) atoms. The summed E-state index contributed by atoms with van der Waals surface area (Å²) in [6.45, 7) is 0. The summed E-state index contributed by atoms with van der Waals surface area (Å²) >= 11 is 0. The summed E-state index contributed by atoms with van der Waals surface area (Å²) in [7, 11) is 0. The number of carbonyl (C=O) groups excluding carboxylic acids is 1. The van der Waals surface area contributed by atoms with E-state index in [4.69, 9.17) is 0 Å². The molecule has 1 aliphatic carbocycles. The Labute approximate surface area is 143 Å². The summed E-state index contributed by atoms with van der Waals surface area (Å²) in [5.41, 5.74) is 3.44. The van der Waals surface area contributed by atoms with Crippen LogP contribution in [0.15, 0.2) is 91.0 Å². The Kier molecular flexibility index (Phi) is 4.00. The van der Waals surface area contributed by atoms with Gasteiger partial charge in [-0.15, -0.1) is 0 Å². The van der Waals surface area contributed by atoms with Crippen LogP contribution in [0.3, 0.4) is 0 Å². The molecule has 1 saturated carbocycles. The van der Waals surface area contributed by atoms with E-state index >= 15 is 0 Å². The molecule has 3 aromatic carbocycles. The minimum absolute atomic E-state index is 0.0695. The number of benzene rings is 3. The molecule has 4 rings (SSSR count).